The predicted molar refractivity (Wildman–Crippen MR) is 108 cm³/mol. The molecule has 0 saturated heterocycles. The van der Waals surface area contributed by atoms with Crippen LogP contribution in [0.3, 0.4) is 0 Å². The van der Waals surface area contributed by atoms with Gasteiger partial charge in [-0.05, 0) is 60.7 Å². The number of aromatic nitrogens is 1. The van der Waals surface area contributed by atoms with Gasteiger partial charge in [-0.25, -0.2) is 0 Å². The Morgan fingerprint density at radius 2 is 1.52 bits per heavy atom. The van der Waals surface area contributed by atoms with Gasteiger partial charge in [0.1, 0.15) is 0 Å². The normalized spacial score (nSPS) is 11.4. The van der Waals surface area contributed by atoms with Crippen molar-refractivity contribution in [1.29, 1.82) is 0 Å². The summed E-state index contributed by atoms with van der Waals surface area (Å²) in [6.45, 7) is 2.94. The summed E-state index contributed by atoms with van der Waals surface area (Å²) in [5.41, 5.74) is 12.2. The number of aromatic amines is 1. The molecule has 126 valence electrons. The minimum Gasteiger partial charge on any atom is -0.354 e. The summed E-state index contributed by atoms with van der Waals surface area (Å²) in [6, 6.07) is 21.8. The second kappa shape index (κ2) is 6.73. The number of benzene rings is 3. The number of nitrogens with one attached hydrogen (secondary N) is 1. The van der Waals surface area contributed by atoms with Crippen molar-refractivity contribution in [3.63, 3.8) is 0 Å². The Bertz CT molecular complexity index is 1030. The maximum atomic E-state index is 5.71. The molecule has 0 spiro atoms. The molecule has 0 atom stereocenters. The number of aryl methyl sites for hydroxylation is 2. The first-order valence-electron chi connectivity index (χ1n) is 9.08. The molecule has 0 unspecified atom stereocenters. The van der Waals surface area contributed by atoms with E-state index in [4.69, 9.17) is 5.73 Å². The van der Waals surface area contributed by atoms with Crippen LogP contribution in [0, 0.1) is 6.92 Å². The SMILES string of the molecule is Cc1ccc(-c2[nH]c3ccccc3c2CCCCN)c2ccccc12. The van der Waals surface area contributed by atoms with Crippen LogP contribution in [0.25, 0.3) is 32.9 Å². The molecular weight excluding hydrogens is 304 g/mol. The molecule has 0 aliphatic heterocycles. The number of fused-ring (bicyclic) bond motifs is 2. The van der Waals surface area contributed by atoms with Crippen molar-refractivity contribution in [3.05, 3.63) is 71.8 Å². The topological polar surface area (TPSA) is 41.8 Å². The lowest BCUT2D eigenvalue weighted by Crippen LogP contribution is -1.99. The maximum absolute atomic E-state index is 5.71. The summed E-state index contributed by atoms with van der Waals surface area (Å²) < 4.78 is 0. The van der Waals surface area contributed by atoms with E-state index in [2.05, 4.69) is 72.6 Å². The van der Waals surface area contributed by atoms with Crippen molar-refractivity contribution in [1.82, 2.24) is 4.98 Å². The second-order valence-corrected chi connectivity index (χ2v) is 6.75. The van der Waals surface area contributed by atoms with Crippen molar-refractivity contribution in [2.24, 2.45) is 5.73 Å². The number of para-hydroxylation sites is 1. The lowest BCUT2D eigenvalue weighted by Gasteiger charge is -2.10. The van der Waals surface area contributed by atoms with E-state index in [1.54, 1.807) is 0 Å². The van der Waals surface area contributed by atoms with Crippen LogP contribution in [-0.4, -0.2) is 11.5 Å². The van der Waals surface area contributed by atoms with E-state index in [9.17, 15) is 0 Å². The quantitative estimate of drug-likeness (QED) is 0.461. The van der Waals surface area contributed by atoms with Gasteiger partial charge in [-0.3, -0.25) is 0 Å². The Hall–Kier alpha value is -2.58. The van der Waals surface area contributed by atoms with E-state index < -0.39 is 0 Å². The summed E-state index contributed by atoms with van der Waals surface area (Å²) >= 11 is 0. The van der Waals surface area contributed by atoms with Crippen molar-refractivity contribution >= 4 is 21.7 Å². The van der Waals surface area contributed by atoms with E-state index >= 15 is 0 Å². The summed E-state index contributed by atoms with van der Waals surface area (Å²) in [5.74, 6) is 0. The molecule has 2 heteroatoms. The third kappa shape index (κ3) is 2.83. The molecular formula is C23H24N2. The summed E-state index contributed by atoms with van der Waals surface area (Å²) in [4.78, 5) is 3.69. The number of hydrogen-bond donors (Lipinski definition) is 2. The predicted octanol–water partition coefficient (Wildman–Crippen LogP) is 5.58. The summed E-state index contributed by atoms with van der Waals surface area (Å²) in [6.07, 6.45) is 3.24. The van der Waals surface area contributed by atoms with Gasteiger partial charge in [0, 0.05) is 16.5 Å². The molecule has 0 aliphatic carbocycles. The van der Waals surface area contributed by atoms with Gasteiger partial charge in [-0.2, -0.15) is 0 Å². The van der Waals surface area contributed by atoms with Crippen LogP contribution in [0.4, 0.5) is 0 Å². The highest BCUT2D eigenvalue weighted by Crippen LogP contribution is 2.36. The molecule has 0 aliphatic rings. The molecule has 1 heterocycles. The largest absolute Gasteiger partial charge is 0.354 e. The molecule has 4 aromatic rings. The van der Waals surface area contributed by atoms with Gasteiger partial charge in [0.2, 0.25) is 0 Å². The highest BCUT2D eigenvalue weighted by molar-refractivity contribution is 6.01. The lowest BCUT2D eigenvalue weighted by atomic mass is 9.94. The van der Waals surface area contributed by atoms with E-state index in [1.807, 2.05) is 0 Å². The number of rotatable bonds is 5. The Balaban J connectivity index is 1.95. The minimum absolute atomic E-state index is 0.755. The molecule has 4 rings (SSSR count). The van der Waals surface area contributed by atoms with Gasteiger partial charge in [0.15, 0.2) is 0 Å². The Morgan fingerprint density at radius 1 is 0.800 bits per heavy atom. The zero-order chi connectivity index (χ0) is 17.2. The van der Waals surface area contributed by atoms with E-state index in [1.165, 1.54) is 44.1 Å². The van der Waals surface area contributed by atoms with Crippen LogP contribution in [0.15, 0.2) is 60.7 Å². The minimum atomic E-state index is 0.755. The van der Waals surface area contributed by atoms with Crippen molar-refractivity contribution in [2.45, 2.75) is 26.2 Å². The van der Waals surface area contributed by atoms with Crippen LogP contribution < -0.4 is 5.73 Å². The van der Waals surface area contributed by atoms with E-state index in [0.717, 1.165) is 25.8 Å². The van der Waals surface area contributed by atoms with Crippen LogP contribution in [-0.2, 0) is 6.42 Å². The van der Waals surface area contributed by atoms with Crippen LogP contribution in [0.5, 0.6) is 0 Å². The molecule has 0 bridgehead atoms. The fraction of sp³-hybridized carbons (Fsp3) is 0.217. The smallest absolute Gasteiger partial charge is 0.0503 e. The first-order chi connectivity index (χ1) is 12.3. The van der Waals surface area contributed by atoms with E-state index in [0.29, 0.717) is 0 Å². The molecule has 0 radical (unpaired) electrons. The van der Waals surface area contributed by atoms with Crippen molar-refractivity contribution < 1.29 is 0 Å². The van der Waals surface area contributed by atoms with Gasteiger partial charge < -0.3 is 10.7 Å². The van der Waals surface area contributed by atoms with Crippen LogP contribution >= 0.6 is 0 Å². The first kappa shape index (κ1) is 15.9. The zero-order valence-electron chi connectivity index (χ0n) is 14.7. The van der Waals surface area contributed by atoms with Gasteiger partial charge in [-0.15, -0.1) is 0 Å². The monoisotopic (exact) mass is 328 g/mol. The molecule has 3 aromatic carbocycles. The molecule has 0 fully saturated rings. The zero-order valence-corrected chi connectivity index (χ0v) is 14.7. The van der Waals surface area contributed by atoms with E-state index in [-0.39, 0.29) is 0 Å². The Labute approximate surface area is 148 Å². The molecule has 1 aromatic heterocycles. The van der Waals surface area contributed by atoms with Crippen LogP contribution in [0.2, 0.25) is 0 Å². The molecule has 2 nitrogen and oxygen atoms in total. The number of nitrogens with two attached hydrogens (primary N) is 1. The lowest BCUT2D eigenvalue weighted by molar-refractivity contribution is 0.748. The average molecular weight is 328 g/mol. The molecule has 25 heavy (non-hydrogen) atoms. The maximum Gasteiger partial charge on any atom is 0.0503 e. The number of H-pyrrole nitrogens is 1. The van der Waals surface area contributed by atoms with Crippen molar-refractivity contribution in [2.75, 3.05) is 6.54 Å². The van der Waals surface area contributed by atoms with Crippen LogP contribution in [0.1, 0.15) is 24.0 Å². The molecule has 0 saturated carbocycles. The molecule has 3 N–H and O–H groups in total. The van der Waals surface area contributed by atoms with Gasteiger partial charge >= 0.3 is 0 Å². The Kier molecular flexibility index (Phi) is 4.29. The standard InChI is InChI=1S/C23H24N2/c1-16-13-14-21(18-9-3-2-8-17(16)18)23-20(11-6-7-15-24)19-10-4-5-12-22(19)25-23/h2-5,8-10,12-14,25H,6-7,11,15,24H2,1H3. The van der Waals surface area contributed by atoms with Gasteiger partial charge in [0.05, 0.1) is 5.69 Å². The Morgan fingerprint density at radius 3 is 2.32 bits per heavy atom. The molecule has 0 amide bonds. The fourth-order valence-corrected chi connectivity index (χ4v) is 3.80. The van der Waals surface area contributed by atoms with Gasteiger partial charge in [0.25, 0.3) is 0 Å². The average Bonchev–Trinajstić information content (AvgIpc) is 3.01. The summed E-state index contributed by atoms with van der Waals surface area (Å²) in [5, 5.41) is 3.97. The number of unbranched alkanes of at least 4 members (excludes halogenated alkanes) is 1. The first-order valence-corrected chi connectivity index (χ1v) is 9.08. The second-order valence-electron chi connectivity index (χ2n) is 6.75. The highest BCUT2D eigenvalue weighted by atomic mass is 14.7. The van der Waals surface area contributed by atoms with Gasteiger partial charge in [-0.1, -0.05) is 54.6 Å². The third-order valence-electron chi connectivity index (χ3n) is 5.11. The fourth-order valence-electron chi connectivity index (χ4n) is 3.80. The number of hydrogen-bond acceptors (Lipinski definition) is 1. The summed E-state index contributed by atoms with van der Waals surface area (Å²) in [7, 11) is 0. The van der Waals surface area contributed by atoms with Crippen molar-refractivity contribution in [3.8, 4) is 11.3 Å². The third-order valence-corrected chi connectivity index (χ3v) is 5.11. The highest BCUT2D eigenvalue weighted by Gasteiger charge is 2.15.